The number of carbonyl (C=O) groups excluding carboxylic acids is 1. The van der Waals surface area contributed by atoms with Gasteiger partial charge in [-0.05, 0) is 24.7 Å². The van der Waals surface area contributed by atoms with E-state index in [0.717, 1.165) is 12.8 Å². The van der Waals surface area contributed by atoms with Crippen LogP contribution in [0.3, 0.4) is 0 Å². The van der Waals surface area contributed by atoms with Crippen molar-refractivity contribution in [3.8, 4) is 0 Å². The molecule has 0 saturated heterocycles. The van der Waals surface area contributed by atoms with Crippen LogP contribution in [0.25, 0.3) is 0 Å². The van der Waals surface area contributed by atoms with E-state index in [1.807, 2.05) is 11.9 Å². The smallest absolute Gasteiger partial charge is 0.236 e. The number of hydrogen-bond donors (Lipinski definition) is 2. The van der Waals surface area contributed by atoms with Crippen molar-refractivity contribution in [3.05, 3.63) is 0 Å². The number of rotatable bonds is 6. The predicted molar refractivity (Wildman–Crippen MR) is 68.7 cm³/mol. The molecule has 0 aromatic carbocycles. The van der Waals surface area contributed by atoms with E-state index in [1.54, 1.807) is 0 Å². The van der Waals surface area contributed by atoms with Crippen molar-refractivity contribution in [2.75, 3.05) is 20.2 Å². The fourth-order valence-electron chi connectivity index (χ4n) is 1.97. The molecule has 0 radical (unpaired) electrons. The topological polar surface area (TPSA) is 52.6 Å². The molecule has 1 unspecified atom stereocenters. The Morgan fingerprint density at radius 1 is 1.47 bits per heavy atom. The first-order chi connectivity index (χ1) is 7.86. The molecular weight excluding hydrogens is 216 g/mol. The normalized spacial score (nSPS) is 17.9. The van der Waals surface area contributed by atoms with E-state index in [1.165, 1.54) is 0 Å². The van der Waals surface area contributed by atoms with Gasteiger partial charge < -0.3 is 15.3 Å². The van der Waals surface area contributed by atoms with Gasteiger partial charge in [-0.15, -0.1) is 0 Å². The van der Waals surface area contributed by atoms with E-state index in [-0.39, 0.29) is 24.0 Å². The lowest BCUT2D eigenvalue weighted by Gasteiger charge is -2.31. The van der Waals surface area contributed by atoms with Crippen LogP contribution >= 0.6 is 0 Å². The van der Waals surface area contributed by atoms with Crippen LogP contribution in [0.1, 0.15) is 40.0 Å². The fourth-order valence-corrected chi connectivity index (χ4v) is 1.97. The number of hydrogen-bond acceptors (Lipinski definition) is 3. The molecule has 1 rings (SSSR count). The molecule has 2 N–H and O–H groups in total. The van der Waals surface area contributed by atoms with Crippen LogP contribution in [0.2, 0.25) is 0 Å². The van der Waals surface area contributed by atoms with Crippen molar-refractivity contribution in [3.63, 3.8) is 0 Å². The highest BCUT2D eigenvalue weighted by molar-refractivity contribution is 5.78. The Morgan fingerprint density at radius 3 is 2.47 bits per heavy atom. The minimum Gasteiger partial charge on any atom is -0.396 e. The molecule has 0 bridgehead atoms. The lowest BCUT2D eigenvalue weighted by Crippen LogP contribution is -2.46. The molecule has 0 aromatic heterocycles. The van der Waals surface area contributed by atoms with Gasteiger partial charge in [0.05, 0.1) is 6.54 Å². The van der Waals surface area contributed by atoms with Crippen LogP contribution in [0, 0.1) is 5.41 Å². The number of amides is 1. The average molecular weight is 242 g/mol. The minimum atomic E-state index is 0.0567. The van der Waals surface area contributed by atoms with Crippen LogP contribution in [0.4, 0.5) is 0 Å². The second kappa shape index (κ2) is 5.83. The minimum absolute atomic E-state index is 0.0567. The van der Waals surface area contributed by atoms with Crippen LogP contribution in [0.5, 0.6) is 0 Å². The summed E-state index contributed by atoms with van der Waals surface area (Å²) in [5, 5.41) is 12.3. The summed E-state index contributed by atoms with van der Waals surface area (Å²) in [5.74, 6) is 0.152. The fraction of sp³-hybridized carbons (Fsp3) is 0.923. The van der Waals surface area contributed by atoms with Gasteiger partial charge in [0, 0.05) is 25.7 Å². The Morgan fingerprint density at radius 2 is 2.06 bits per heavy atom. The van der Waals surface area contributed by atoms with Gasteiger partial charge in [-0.2, -0.15) is 0 Å². The summed E-state index contributed by atoms with van der Waals surface area (Å²) in [6, 6.07) is 0.638. The van der Waals surface area contributed by atoms with Gasteiger partial charge in [0.25, 0.3) is 0 Å². The Balaban J connectivity index is 2.37. The first-order valence-corrected chi connectivity index (χ1v) is 6.46. The lowest BCUT2D eigenvalue weighted by atomic mass is 9.85. The highest BCUT2D eigenvalue weighted by Gasteiger charge is 2.30. The Labute approximate surface area is 104 Å². The number of aliphatic hydroxyl groups excluding tert-OH is 1. The summed E-state index contributed by atoms with van der Waals surface area (Å²) < 4.78 is 0. The SMILES string of the molecule is CN(C(=O)CNC(CCO)C(C)(C)C)C1CC1. The molecule has 4 heteroatoms. The van der Waals surface area contributed by atoms with Gasteiger partial charge >= 0.3 is 0 Å². The molecule has 100 valence electrons. The Hall–Kier alpha value is -0.610. The van der Waals surface area contributed by atoms with Gasteiger partial charge in [-0.25, -0.2) is 0 Å². The van der Waals surface area contributed by atoms with E-state index in [0.29, 0.717) is 19.0 Å². The number of nitrogens with one attached hydrogen (secondary N) is 1. The molecule has 0 aliphatic heterocycles. The molecule has 0 heterocycles. The van der Waals surface area contributed by atoms with Crippen molar-refractivity contribution in [1.29, 1.82) is 0 Å². The standard InChI is InChI=1S/C13H26N2O2/c1-13(2,3)11(7-8-16)14-9-12(17)15(4)10-5-6-10/h10-11,14,16H,5-9H2,1-4H3. The third kappa shape index (κ3) is 4.64. The molecule has 0 spiro atoms. The van der Waals surface area contributed by atoms with E-state index in [4.69, 9.17) is 5.11 Å². The van der Waals surface area contributed by atoms with Crippen molar-refractivity contribution >= 4 is 5.91 Å². The lowest BCUT2D eigenvalue weighted by molar-refractivity contribution is -0.129. The molecule has 1 aliphatic rings. The molecule has 0 aromatic rings. The molecule has 1 fully saturated rings. The van der Waals surface area contributed by atoms with Crippen molar-refractivity contribution in [2.24, 2.45) is 5.41 Å². The highest BCUT2D eigenvalue weighted by atomic mass is 16.3. The zero-order valence-electron chi connectivity index (χ0n) is 11.5. The third-order valence-electron chi connectivity index (χ3n) is 3.45. The maximum absolute atomic E-state index is 11.9. The van der Waals surface area contributed by atoms with Crippen molar-refractivity contribution < 1.29 is 9.90 Å². The zero-order chi connectivity index (χ0) is 13.1. The molecule has 1 atom stereocenters. The Bertz CT molecular complexity index is 257. The van der Waals surface area contributed by atoms with Crippen LogP contribution in [0.15, 0.2) is 0 Å². The summed E-state index contributed by atoms with van der Waals surface area (Å²) in [6.45, 7) is 6.89. The van der Waals surface area contributed by atoms with Gasteiger partial charge in [-0.1, -0.05) is 20.8 Å². The number of carbonyl (C=O) groups is 1. The van der Waals surface area contributed by atoms with E-state index >= 15 is 0 Å². The quantitative estimate of drug-likeness (QED) is 0.730. The van der Waals surface area contributed by atoms with Gasteiger partial charge in [0.1, 0.15) is 0 Å². The van der Waals surface area contributed by atoms with E-state index in [9.17, 15) is 4.79 Å². The maximum atomic E-state index is 11.9. The van der Waals surface area contributed by atoms with Gasteiger partial charge in [0.15, 0.2) is 0 Å². The van der Waals surface area contributed by atoms with Crippen molar-refractivity contribution in [1.82, 2.24) is 10.2 Å². The molecule has 1 saturated carbocycles. The third-order valence-corrected chi connectivity index (χ3v) is 3.45. The number of aliphatic hydroxyl groups is 1. The summed E-state index contributed by atoms with van der Waals surface area (Å²) in [4.78, 5) is 13.7. The van der Waals surface area contributed by atoms with Gasteiger partial charge in [0.2, 0.25) is 5.91 Å². The number of likely N-dealkylation sites (N-methyl/N-ethyl adjacent to an activating group) is 1. The van der Waals surface area contributed by atoms with Crippen LogP contribution < -0.4 is 5.32 Å². The first kappa shape index (κ1) is 14.5. The molecule has 1 aliphatic carbocycles. The highest BCUT2D eigenvalue weighted by Crippen LogP contribution is 2.25. The Kier molecular flexibility index (Phi) is 4.95. The number of nitrogens with zero attached hydrogens (tertiary/aromatic N) is 1. The van der Waals surface area contributed by atoms with E-state index in [2.05, 4.69) is 26.1 Å². The van der Waals surface area contributed by atoms with Crippen LogP contribution in [-0.2, 0) is 4.79 Å². The predicted octanol–water partition coefficient (Wildman–Crippen LogP) is 0.994. The second-order valence-electron chi connectivity index (χ2n) is 6.05. The second-order valence-corrected chi connectivity index (χ2v) is 6.05. The molecule has 4 nitrogen and oxygen atoms in total. The first-order valence-electron chi connectivity index (χ1n) is 6.46. The largest absolute Gasteiger partial charge is 0.396 e. The average Bonchev–Trinajstić information content (AvgIpc) is 3.04. The summed E-state index contributed by atoms with van der Waals surface area (Å²) in [5.41, 5.74) is 0.0567. The molecular formula is C13H26N2O2. The van der Waals surface area contributed by atoms with Gasteiger partial charge in [-0.3, -0.25) is 4.79 Å². The molecule has 1 amide bonds. The van der Waals surface area contributed by atoms with Crippen molar-refractivity contribution in [2.45, 2.75) is 52.1 Å². The maximum Gasteiger partial charge on any atom is 0.236 e. The monoisotopic (exact) mass is 242 g/mol. The van der Waals surface area contributed by atoms with Crippen LogP contribution in [-0.4, -0.2) is 48.2 Å². The summed E-state index contributed by atoms with van der Waals surface area (Å²) >= 11 is 0. The zero-order valence-corrected chi connectivity index (χ0v) is 11.5. The summed E-state index contributed by atoms with van der Waals surface area (Å²) in [7, 11) is 1.87. The summed E-state index contributed by atoms with van der Waals surface area (Å²) in [6.07, 6.45) is 2.97. The molecule has 17 heavy (non-hydrogen) atoms. The van der Waals surface area contributed by atoms with E-state index < -0.39 is 0 Å².